The van der Waals surface area contributed by atoms with E-state index in [0.717, 1.165) is 22.2 Å². The van der Waals surface area contributed by atoms with Crippen molar-refractivity contribution in [3.05, 3.63) is 73.5 Å². The molecule has 4 aromatic rings. The Hall–Kier alpha value is -2.99. The molecule has 0 amide bonds. The number of nitrogens with one attached hydrogen (secondary N) is 3. The minimum absolute atomic E-state index is 0.158. The summed E-state index contributed by atoms with van der Waals surface area (Å²) in [6.07, 6.45) is 0. The van der Waals surface area contributed by atoms with Gasteiger partial charge in [-0.2, -0.15) is 0 Å². The fraction of sp³-hybridized carbons (Fsp3) is 0.111. The number of pyridine rings is 1. The van der Waals surface area contributed by atoms with Gasteiger partial charge in [0, 0.05) is 39.8 Å². The van der Waals surface area contributed by atoms with Crippen LogP contribution in [0.5, 0.6) is 0 Å². The smallest absolute Gasteiger partial charge is 0.408 e. The van der Waals surface area contributed by atoms with Gasteiger partial charge in [-0.25, -0.2) is 4.79 Å². The van der Waals surface area contributed by atoms with Crippen molar-refractivity contribution in [2.45, 2.75) is 13.5 Å². The summed E-state index contributed by atoms with van der Waals surface area (Å²) in [4.78, 5) is 29.0. The lowest BCUT2D eigenvalue weighted by molar-refractivity contribution is 0.555. The first kappa shape index (κ1) is 15.5. The molecule has 0 bridgehead atoms. The molecular weight excluding hydrogens is 342 g/mol. The molecule has 0 spiro atoms. The molecule has 0 saturated carbocycles. The van der Waals surface area contributed by atoms with Gasteiger partial charge in [0.25, 0.3) is 5.56 Å². The SMILES string of the molecule is Cc1cc2[nH]c(=O)oc2cc1NCc1cc2cc(Cl)ccc2[nH]c1=O. The van der Waals surface area contributed by atoms with E-state index < -0.39 is 5.76 Å². The highest BCUT2D eigenvalue weighted by Crippen LogP contribution is 2.22. The molecule has 0 aliphatic carbocycles. The van der Waals surface area contributed by atoms with Crippen molar-refractivity contribution in [3.63, 3.8) is 0 Å². The molecule has 0 aliphatic rings. The van der Waals surface area contributed by atoms with E-state index in [1.165, 1.54) is 0 Å². The van der Waals surface area contributed by atoms with Gasteiger partial charge in [-0.1, -0.05) is 11.6 Å². The lowest BCUT2D eigenvalue weighted by atomic mass is 10.1. The molecule has 2 heterocycles. The highest BCUT2D eigenvalue weighted by atomic mass is 35.5. The Morgan fingerprint density at radius 1 is 1.08 bits per heavy atom. The monoisotopic (exact) mass is 355 g/mol. The number of benzene rings is 2. The summed E-state index contributed by atoms with van der Waals surface area (Å²) >= 11 is 6.02. The second-order valence-electron chi connectivity index (χ2n) is 5.89. The topological polar surface area (TPSA) is 90.9 Å². The van der Waals surface area contributed by atoms with Crippen molar-refractivity contribution < 1.29 is 4.42 Å². The average Bonchev–Trinajstić information content (AvgIpc) is 2.92. The Labute approximate surface area is 146 Å². The number of rotatable bonds is 3. The van der Waals surface area contributed by atoms with Crippen LogP contribution in [-0.2, 0) is 6.54 Å². The van der Waals surface area contributed by atoms with Gasteiger partial charge in [0.05, 0.1) is 5.52 Å². The molecule has 0 radical (unpaired) electrons. The van der Waals surface area contributed by atoms with Crippen LogP contribution >= 0.6 is 11.6 Å². The molecular formula is C18H14ClN3O3. The van der Waals surface area contributed by atoms with Crippen LogP contribution in [-0.4, -0.2) is 9.97 Å². The Bertz CT molecular complexity index is 1220. The summed E-state index contributed by atoms with van der Waals surface area (Å²) < 4.78 is 5.08. The van der Waals surface area contributed by atoms with Gasteiger partial charge in [-0.3, -0.25) is 9.78 Å². The maximum atomic E-state index is 12.2. The van der Waals surface area contributed by atoms with E-state index in [4.69, 9.17) is 16.0 Å². The summed E-state index contributed by atoms with van der Waals surface area (Å²) in [6.45, 7) is 2.25. The maximum absolute atomic E-state index is 12.2. The summed E-state index contributed by atoms with van der Waals surface area (Å²) in [5.74, 6) is -0.491. The quantitative estimate of drug-likeness (QED) is 0.524. The molecule has 7 heteroatoms. The van der Waals surface area contributed by atoms with Crippen molar-refractivity contribution in [1.82, 2.24) is 9.97 Å². The molecule has 0 atom stereocenters. The number of aromatic amines is 2. The zero-order chi connectivity index (χ0) is 17.6. The first-order valence-corrected chi connectivity index (χ1v) is 8.06. The number of aromatic nitrogens is 2. The number of halogens is 1. The van der Waals surface area contributed by atoms with Gasteiger partial charge in [0.2, 0.25) is 0 Å². The van der Waals surface area contributed by atoms with Crippen LogP contribution in [0.15, 0.2) is 50.4 Å². The van der Waals surface area contributed by atoms with E-state index in [1.54, 1.807) is 18.2 Å². The van der Waals surface area contributed by atoms with Crippen LogP contribution in [0, 0.1) is 6.92 Å². The van der Waals surface area contributed by atoms with E-state index >= 15 is 0 Å². The number of hydrogen-bond donors (Lipinski definition) is 3. The summed E-state index contributed by atoms with van der Waals surface area (Å²) in [7, 11) is 0. The Morgan fingerprint density at radius 2 is 1.92 bits per heavy atom. The van der Waals surface area contributed by atoms with Gasteiger partial charge in [-0.15, -0.1) is 0 Å². The Morgan fingerprint density at radius 3 is 2.76 bits per heavy atom. The zero-order valence-electron chi connectivity index (χ0n) is 13.3. The van der Waals surface area contributed by atoms with Gasteiger partial charge in [-0.05, 0) is 42.8 Å². The van der Waals surface area contributed by atoms with E-state index in [2.05, 4.69) is 15.3 Å². The molecule has 3 N–H and O–H groups in total. The number of aryl methyl sites for hydroxylation is 1. The number of hydrogen-bond acceptors (Lipinski definition) is 4. The normalized spacial score (nSPS) is 11.3. The van der Waals surface area contributed by atoms with E-state index in [0.29, 0.717) is 28.2 Å². The van der Waals surface area contributed by atoms with Crippen molar-refractivity contribution in [2.75, 3.05) is 5.32 Å². The molecule has 2 aromatic heterocycles. The third-order valence-corrected chi connectivity index (χ3v) is 4.35. The Kier molecular flexibility index (Phi) is 3.62. The predicted octanol–water partition coefficient (Wildman–Crippen LogP) is 3.54. The minimum atomic E-state index is -0.491. The van der Waals surface area contributed by atoms with Crippen molar-refractivity contribution >= 4 is 39.3 Å². The van der Waals surface area contributed by atoms with Gasteiger partial charge in [0.15, 0.2) is 5.58 Å². The van der Waals surface area contributed by atoms with Crippen molar-refractivity contribution in [2.24, 2.45) is 0 Å². The number of oxazole rings is 1. The zero-order valence-corrected chi connectivity index (χ0v) is 14.0. The van der Waals surface area contributed by atoms with E-state index in [-0.39, 0.29) is 5.56 Å². The van der Waals surface area contributed by atoms with Crippen LogP contribution < -0.4 is 16.6 Å². The fourth-order valence-electron chi connectivity index (χ4n) is 2.84. The molecule has 4 rings (SSSR count). The van der Waals surface area contributed by atoms with Crippen LogP contribution in [0.1, 0.15) is 11.1 Å². The first-order chi connectivity index (χ1) is 12.0. The first-order valence-electron chi connectivity index (χ1n) is 7.68. The van der Waals surface area contributed by atoms with Gasteiger partial charge in [0.1, 0.15) is 0 Å². The third-order valence-electron chi connectivity index (χ3n) is 4.12. The molecule has 0 unspecified atom stereocenters. The number of H-pyrrole nitrogens is 2. The van der Waals surface area contributed by atoms with Gasteiger partial charge < -0.3 is 14.7 Å². The van der Waals surface area contributed by atoms with Crippen LogP contribution in [0.2, 0.25) is 5.02 Å². The predicted molar refractivity (Wildman–Crippen MR) is 98.5 cm³/mol. The van der Waals surface area contributed by atoms with Crippen LogP contribution in [0.3, 0.4) is 0 Å². The molecule has 6 nitrogen and oxygen atoms in total. The molecule has 126 valence electrons. The molecule has 0 fully saturated rings. The highest BCUT2D eigenvalue weighted by Gasteiger charge is 2.08. The summed E-state index contributed by atoms with van der Waals surface area (Å²) in [6, 6.07) is 10.7. The lowest BCUT2D eigenvalue weighted by Crippen LogP contribution is -2.15. The second kappa shape index (κ2) is 5.82. The molecule has 2 aromatic carbocycles. The summed E-state index contributed by atoms with van der Waals surface area (Å²) in [5, 5.41) is 4.70. The van der Waals surface area contributed by atoms with Crippen molar-refractivity contribution in [3.8, 4) is 0 Å². The van der Waals surface area contributed by atoms with Crippen LogP contribution in [0.25, 0.3) is 22.0 Å². The number of fused-ring (bicyclic) bond motifs is 2. The fourth-order valence-corrected chi connectivity index (χ4v) is 3.02. The lowest BCUT2D eigenvalue weighted by Gasteiger charge is -2.10. The van der Waals surface area contributed by atoms with Crippen LogP contribution in [0.4, 0.5) is 5.69 Å². The minimum Gasteiger partial charge on any atom is -0.408 e. The largest absolute Gasteiger partial charge is 0.417 e. The Balaban J connectivity index is 1.68. The second-order valence-corrected chi connectivity index (χ2v) is 6.32. The van der Waals surface area contributed by atoms with E-state index in [1.807, 2.05) is 25.1 Å². The van der Waals surface area contributed by atoms with Gasteiger partial charge >= 0.3 is 5.76 Å². The van der Waals surface area contributed by atoms with E-state index in [9.17, 15) is 9.59 Å². The summed E-state index contributed by atoms with van der Waals surface area (Å²) in [5.41, 5.74) is 4.01. The molecule has 25 heavy (non-hydrogen) atoms. The molecule has 0 aliphatic heterocycles. The highest BCUT2D eigenvalue weighted by molar-refractivity contribution is 6.31. The standard InChI is InChI=1S/C18H14ClN3O3/c1-9-4-15-16(25-18(24)22-15)7-14(9)20-8-11-5-10-6-12(19)2-3-13(10)21-17(11)23/h2-7,20H,8H2,1H3,(H,21,23)(H,22,24). The molecule has 0 saturated heterocycles. The van der Waals surface area contributed by atoms with Crippen molar-refractivity contribution in [1.29, 1.82) is 0 Å². The maximum Gasteiger partial charge on any atom is 0.417 e. The third kappa shape index (κ3) is 2.92. The number of anilines is 1. The average molecular weight is 356 g/mol.